The van der Waals surface area contributed by atoms with Gasteiger partial charge in [0.1, 0.15) is 23.5 Å². The third-order valence-electron chi connectivity index (χ3n) is 5.61. The van der Waals surface area contributed by atoms with Crippen LogP contribution >= 0.6 is 11.6 Å². The van der Waals surface area contributed by atoms with Crippen molar-refractivity contribution in [2.45, 2.75) is 25.6 Å². The number of nitrogens with zero attached hydrogens (tertiary/aromatic N) is 4. The first-order valence-corrected chi connectivity index (χ1v) is 10.6. The fourth-order valence-corrected chi connectivity index (χ4v) is 4.10. The average Bonchev–Trinajstić information content (AvgIpc) is 3.18. The molecule has 0 unspecified atom stereocenters. The first-order valence-electron chi connectivity index (χ1n) is 10.2. The highest BCUT2D eigenvalue weighted by Gasteiger charge is 2.40. The van der Waals surface area contributed by atoms with Crippen LogP contribution in [0, 0.1) is 18.6 Å². The van der Waals surface area contributed by atoms with Crippen LogP contribution in [-0.4, -0.2) is 36.1 Å². The highest BCUT2D eigenvalue weighted by Crippen LogP contribution is 2.42. The monoisotopic (exact) mass is 512 g/mol. The van der Waals surface area contributed by atoms with E-state index in [2.05, 4.69) is 9.97 Å². The molecule has 2 aromatic heterocycles. The van der Waals surface area contributed by atoms with Crippen LogP contribution in [0.3, 0.4) is 0 Å². The Kier molecular flexibility index (Phi) is 6.31. The maximum atomic E-state index is 14.5. The zero-order valence-electron chi connectivity index (χ0n) is 18.6. The van der Waals surface area contributed by atoms with Crippen molar-refractivity contribution in [3.8, 4) is 5.88 Å². The lowest BCUT2D eigenvalue weighted by molar-refractivity contribution is -0.137. The standard InChI is InChI=1S/C23H18ClF5N4O2/c1-11-4-13(23(27,28)29)6-20(31-11)33-17-9-21(35-3)30-10-12(17)5-19(33)22(34)32(2)18-7-14(24)15(25)8-16(18)26/h4,6-10,19H,5H2,1-3H3/t19-/m0/s1. The van der Waals surface area contributed by atoms with E-state index in [-0.39, 0.29) is 29.5 Å². The van der Waals surface area contributed by atoms with Crippen LogP contribution in [0.4, 0.5) is 39.1 Å². The molecule has 12 heteroatoms. The van der Waals surface area contributed by atoms with E-state index < -0.39 is 40.3 Å². The molecule has 0 bridgehead atoms. The van der Waals surface area contributed by atoms with Gasteiger partial charge in [-0.2, -0.15) is 13.2 Å². The second-order valence-electron chi connectivity index (χ2n) is 7.91. The fourth-order valence-electron chi connectivity index (χ4n) is 3.95. The summed E-state index contributed by atoms with van der Waals surface area (Å²) in [6.07, 6.45) is -3.15. The van der Waals surface area contributed by atoms with Crippen molar-refractivity contribution in [1.29, 1.82) is 0 Å². The van der Waals surface area contributed by atoms with Gasteiger partial charge in [-0.15, -0.1) is 0 Å². The highest BCUT2D eigenvalue weighted by atomic mass is 35.5. The fraction of sp³-hybridized carbons (Fsp3) is 0.261. The number of carbonyl (C=O) groups excluding carboxylic acids is 1. The van der Waals surface area contributed by atoms with Crippen molar-refractivity contribution in [2.24, 2.45) is 0 Å². The van der Waals surface area contributed by atoms with Gasteiger partial charge in [0.25, 0.3) is 0 Å². The number of hydrogen-bond donors (Lipinski definition) is 0. The van der Waals surface area contributed by atoms with E-state index in [1.165, 1.54) is 38.2 Å². The van der Waals surface area contributed by atoms with Gasteiger partial charge in [-0.05, 0) is 30.7 Å². The number of likely N-dealkylation sites (N-methyl/N-ethyl adjacent to an activating group) is 1. The van der Waals surface area contributed by atoms with Gasteiger partial charge in [0.2, 0.25) is 11.8 Å². The molecule has 3 aromatic rings. The van der Waals surface area contributed by atoms with E-state index in [0.717, 1.165) is 23.1 Å². The van der Waals surface area contributed by atoms with E-state index in [0.29, 0.717) is 17.3 Å². The second-order valence-corrected chi connectivity index (χ2v) is 8.32. The van der Waals surface area contributed by atoms with E-state index in [1.807, 2.05) is 0 Å². The van der Waals surface area contributed by atoms with Crippen LogP contribution in [-0.2, 0) is 17.4 Å². The van der Waals surface area contributed by atoms with Crippen molar-refractivity contribution in [2.75, 3.05) is 24.0 Å². The number of hydrogen-bond acceptors (Lipinski definition) is 5. The van der Waals surface area contributed by atoms with Gasteiger partial charge >= 0.3 is 6.18 Å². The van der Waals surface area contributed by atoms with Gasteiger partial charge in [0.15, 0.2) is 0 Å². The lowest BCUT2D eigenvalue weighted by Gasteiger charge is -2.30. The molecule has 0 saturated heterocycles. The Bertz CT molecular complexity index is 1320. The van der Waals surface area contributed by atoms with Crippen molar-refractivity contribution in [3.63, 3.8) is 0 Å². The summed E-state index contributed by atoms with van der Waals surface area (Å²) in [6.45, 7) is 1.40. The smallest absolute Gasteiger partial charge is 0.416 e. The maximum absolute atomic E-state index is 14.5. The van der Waals surface area contributed by atoms with Gasteiger partial charge in [-0.1, -0.05) is 11.6 Å². The number of rotatable bonds is 4. The Morgan fingerprint density at radius 3 is 2.54 bits per heavy atom. The number of aryl methyl sites for hydroxylation is 1. The molecule has 3 heterocycles. The number of alkyl halides is 3. The minimum Gasteiger partial charge on any atom is -0.481 e. The summed E-state index contributed by atoms with van der Waals surface area (Å²) in [7, 11) is 2.64. The van der Waals surface area contributed by atoms with Gasteiger partial charge in [-0.3, -0.25) is 4.79 Å². The maximum Gasteiger partial charge on any atom is 0.416 e. The van der Waals surface area contributed by atoms with Crippen LogP contribution in [0.5, 0.6) is 5.88 Å². The Hall–Kier alpha value is -3.47. The van der Waals surface area contributed by atoms with Gasteiger partial charge in [-0.25, -0.2) is 18.7 Å². The normalized spacial score (nSPS) is 15.2. The van der Waals surface area contributed by atoms with Crippen molar-refractivity contribution in [3.05, 3.63) is 70.0 Å². The summed E-state index contributed by atoms with van der Waals surface area (Å²) < 4.78 is 73.8. The molecule has 1 amide bonds. The topological polar surface area (TPSA) is 58.6 Å². The average molecular weight is 513 g/mol. The second kappa shape index (κ2) is 8.95. The molecule has 184 valence electrons. The first kappa shape index (κ1) is 24.6. The molecule has 1 atom stereocenters. The Labute approximate surface area is 201 Å². The SMILES string of the molecule is COc1cc2c(cn1)C[C@@H](C(=O)N(C)c1cc(Cl)c(F)cc1F)N2c1cc(C(F)(F)F)cc(C)n1. The van der Waals surface area contributed by atoms with E-state index in [4.69, 9.17) is 16.3 Å². The number of anilines is 3. The van der Waals surface area contributed by atoms with Crippen LogP contribution in [0.15, 0.2) is 36.5 Å². The number of pyridine rings is 2. The quantitative estimate of drug-likeness (QED) is 0.343. The lowest BCUT2D eigenvalue weighted by Crippen LogP contribution is -2.45. The van der Waals surface area contributed by atoms with Crippen LogP contribution in [0.2, 0.25) is 5.02 Å². The number of amides is 1. The van der Waals surface area contributed by atoms with Crippen molar-refractivity contribution in [1.82, 2.24) is 9.97 Å². The number of carbonyl (C=O) groups is 1. The number of methoxy groups -OCH3 is 1. The predicted molar refractivity (Wildman–Crippen MR) is 119 cm³/mol. The molecule has 6 nitrogen and oxygen atoms in total. The molecular weight excluding hydrogens is 495 g/mol. The zero-order valence-corrected chi connectivity index (χ0v) is 19.4. The molecule has 1 aliphatic rings. The van der Waals surface area contributed by atoms with Gasteiger partial charge in [0, 0.05) is 37.5 Å². The molecule has 4 rings (SSSR count). The summed E-state index contributed by atoms with van der Waals surface area (Å²) in [5.41, 5.74) is -0.230. The Morgan fingerprint density at radius 2 is 1.89 bits per heavy atom. The van der Waals surface area contributed by atoms with Gasteiger partial charge in [0.05, 0.1) is 29.1 Å². The summed E-state index contributed by atoms with van der Waals surface area (Å²) in [5.74, 6) is -2.66. The molecule has 0 aliphatic carbocycles. The molecular formula is C23H18ClF5N4O2. The molecule has 0 N–H and O–H groups in total. The van der Waals surface area contributed by atoms with Crippen molar-refractivity contribution < 1.29 is 31.5 Å². The number of fused-ring (bicyclic) bond motifs is 1. The first-order chi connectivity index (χ1) is 16.4. The summed E-state index contributed by atoms with van der Waals surface area (Å²) in [5, 5.41) is -0.392. The Balaban J connectivity index is 1.83. The summed E-state index contributed by atoms with van der Waals surface area (Å²) >= 11 is 5.77. The lowest BCUT2D eigenvalue weighted by atomic mass is 10.1. The predicted octanol–water partition coefficient (Wildman–Crippen LogP) is 5.47. The van der Waals surface area contributed by atoms with Crippen molar-refractivity contribution >= 4 is 34.7 Å². The number of aromatic nitrogens is 2. The van der Waals surface area contributed by atoms with Crippen LogP contribution in [0.25, 0.3) is 0 Å². The molecule has 0 saturated carbocycles. The van der Waals surface area contributed by atoms with Gasteiger partial charge < -0.3 is 14.5 Å². The third-order valence-corrected chi connectivity index (χ3v) is 5.90. The minimum absolute atomic E-state index is 0.0447. The van der Waals surface area contributed by atoms with Crippen LogP contribution < -0.4 is 14.5 Å². The van der Waals surface area contributed by atoms with E-state index in [1.54, 1.807) is 0 Å². The number of halogens is 6. The Morgan fingerprint density at radius 1 is 1.17 bits per heavy atom. The van der Waals surface area contributed by atoms with E-state index >= 15 is 0 Å². The zero-order chi connectivity index (χ0) is 25.7. The number of ether oxygens (including phenoxy) is 1. The third kappa shape index (κ3) is 4.60. The largest absolute Gasteiger partial charge is 0.481 e. The highest BCUT2D eigenvalue weighted by molar-refractivity contribution is 6.31. The minimum atomic E-state index is -4.65. The molecule has 35 heavy (non-hydrogen) atoms. The summed E-state index contributed by atoms with van der Waals surface area (Å²) in [6, 6.07) is 3.62. The summed E-state index contributed by atoms with van der Waals surface area (Å²) in [4.78, 5) is 24.2. The number of benzene rings is 1. The molecule has 1 aliphatic heterocycles. The van der Waals surface area contributed by atoms with E-state index in [9.17, 15) is 26.7 Å². The molecule has 1 aromatic carbocycles. The molecule has 0 spiro atoms. The molecule has 0 radical (unpaired) electrons. The molecule has 0 fully saturated rings. The van der Waals surface area contributed by atoms with Crippen LogP contribution in [0.1, 0.15) is 16.8 Å².